The molecule has 11 heteroatoms. The van der Waals surface area contributed by atoms with Gasteiger partial charge in [-0.3, -0.25) is 14.7 Å². The van der Waals surface area contributed by atoms with Gasteiger partial charge in [-0.15, -0.1) is 0 Å². The molecule has 0 bridgehead atoms. The number of amides is 1. The average Bonchev–Trinajstić information content (AvgIpc) is 3.29. The van der Waals surface area contributed by atoms with Crippen LogP contribution in [0.5, 0.6) is 5.75 Å². The summed E-state index contributed by atoms with van der Waals surface area (Å²) in [6.45, 7) is 5.84. The standard InChI is InChI=1S/C27H35FN4O5S/c1-18(2)19-3-4-25-24(13-19)37-12-8-27(30-26(34)23-14-21(33)17-32(23)38(25,35)36)6-10-31(11-7-27)16-20-5-9-29-15-22(20)28/h3-5,9,13,15,18,21,23,33H,6-8,10-12,14,16-17H2,1-2H3,(H,30,34)/t21-,23+/m1/s1. The van der Waals surface area contributed by atoms with Crippen LogP contribution in [0.15, 0.2) is 41.6 Å². The van der Waals surface area contributed by atoms with Crippen molar-refractivity contribution in [3.05, 3.63) is 53.6 Å². The van der Waals surface area contributed by atoms with E-state index in [1.54, 1.807) is 30.5 Å². The van der Waals surface area contributed by atoms with E-state index in [-0.39, 0.29) is 42.0 Å². The lowest BCUT2D eigenvalue weighted by Crippen LogP contribution is -2.59. The quantitative estimate of drug-likeness (QED) is 0.608. The van der Waals surface area contributed by atoms with Gasteiger partial charge in [-0.2, -0.15) is 4.31 Å². The third-order valence-corrected chi connectivity index (χ3v) is 9.96. The maximum Gasteiger partial charge on any atom is 0.247 e. The second-order valence-electron chi connectivity index (χ2n) is 11.0. The van der Waals surface area contributed by atoms with Crippen LogP contribution in [0.3, 0.4) is 0 Å². The van der Waals surface area contributed by atoms with Crippen molar-refractivity contribution in [1.29, 1.82) is 0 Å². The molecule has 2 N–H and O–H groups in total. The Morgan fingerprint density at radius 1 is 1.24 bits per heavy atom. The molecule has 0 radical (unpaired) electrons. The maximum absolute atomic E-state index is 14.1. The largest absolute Gasteiger partial charge is 0.492 e. The molecule has 38 heavy (non-hydrogen) atoms. The van der Waals surface area contributed by atoms with Gasteiger partial charge in [0.25, 0.3) is 0 Å². The van der Waals surface area contributed by atoms with E-state index in [2.05, 4.69) is 15.2 Å². The van der Waals surface area contributed by atoms with Gasteiger partial charge in [-0.1, -0.05) is 19.9 Å². The van der Waals surface area contributed by atoms with Gasteiger partial charge >= 0.3 is 0 Å². The van der Waals surface area contributed by atoms with E-state index in [4.69, 9.17) is 4.74 Å². The molecule has 2 fully saturated rings. The van der Waals surface area contributed by atoms with Gasteiger partial charge in [0.1, 0.15) is 22.5 Å². The number of hydrogen-bond donors (Lipinski definition) is 2. The van der Waals surface area contributed by atoms with E-state index in [0.29, 0.717) is 44.5 Å². The molecule has 0 saturated carbocycles. The molecular formula is C27H35FN4O5S. The van der Waals surface area contributed by atoms with Gasteiger partial charge in [-0.25, -0.2) is 12.8 Å². The summed E-state index contributed by atoms with van der Waals surface area (Å²) in [5.74, 6) is -0.298. The molecule has 2 atom stereocenters. The highest BCUT2D eigenvalue weighted by molar-refractivity contribution is 7.89. The number of ether oxygens (including phenoxy) is 1. The van der Waals surface area contributed by atoms with Crippen LogP contribution in [0, 0.1) is 5.82 Å². The second-order valence-corrected chi connectivity index (χ2v) is 12.8. The second kappa shape index (κ2) is 10.5. The summed E-state index contributed by atoms with van der Waals surface area (Å²) in [7, 11) is -4.09. The Kier molecular flexibility index (Phi) is 7.47. The lowest BCUT2D eigenvalue weighted by molar-refractivity contribution is -0.127. The Hall–Kier alpha value is -2.60. The minimum absolute atomic E-state index is 0.0129. The van der Waals surface area contributed by atoms with Gasteiger partial charge in [0.15, 0.2) is 0 Å². The number of carbonyl (C=O) groups excluding carboxylic acids is 1. The zero-order valence-electron chi connectivity index (χ0n) is 21.8. The third-order valence-electron chi connectivity index (χ3n) is 8.05. The number of benzene rings is 1. The molecule has 0 aliphatic carbocycles. The lowest BCUT2D eigenvalue weighted by Gasteiger charge is -2.43. The number of pyridine rings is 1. The van der Waals surface area contributed by atoms with E-state index in [1.807, 2.05) is 13.8 Å². The first-order valence-electron chi connectivity index (χ1n) is 13.2. The van der Waals surface area contributed by atoms with Gasteiger partial charge in [0, 0.05) is 56.3 Å². The molecule has 1 spiro atoms. The minimum Gasteiger partial charge on any atom is -0.492 e. The first kappa shape index (κ1) is 27.0. The van der Waals surface area contributed by atoms with Crippen LogP contribution in [0.1, 0.15) is 56.6 Å². The number of aliphatic hydroxyl groups excluding tert-OH is 1. The molecular weight excluding hydrogens is 511 g/mol. The van der Waals surface area contributed by atoms with Crippen LogP contribution >= 0.6 is 0 Å². The Labute approximate surface area is 223 Å². The lowest BCUT2D eigenvalue weighted by atomic mass is 9.84. The SMILES string of the molecule is CC(C)c1ccc2c(c1)OCCC1(CCN(Cc3ccncc3F)CC1)NC(=O)[C@@H]1C[C@@H](O)CN1S2(=O)=O. The molecule has 206 valence electrons. The van der Waals surface area contributed by atoms with E-state index in [0.717, 1.165) is 9.87 Å². The highest BCUT2D eigenvalue weighted by atomic mass is 32.2. The highest BCUT2D eigenvalue weighted by Crippen LogP contribution is 2.36. The molecule has 1 aromatic carbocycles. The molecule has 4 heterocycles. The average molecular weight is 547 g/mol. The number of sulfonamides is 1. The molecule has 9 nitrogen and oxygen atoms in total. The molecule has 5 rings (SSSR count). The summed E-state index contributed by atoms with van der Waals surface area (Å²) in [5, 5.41) is 13.6. The van der Waals surface area contributed by atoms with Crippen LogP contribution in [-0.4, -0.2) is 77.5 Å². The number of fused-ring (bicyclic) bond motifs is 2. The fourth-order valence-corrected chi connectivity index (χ4v) is 7.42. The number of nitrogens with zero attached hydrogens (tertiary/aromatic N) is 3. The van der Waals surface area contributed by atoms with E-state index in [1.165, 1.54) is 6.20 Å². The normalized spacial score (nSPS) is 25.8. The number of halogens is 1. The molecule has 2 aromatic rings. The van der Waals surface area contributed by atoms with Crippen molar-refractivity contribution in [2.24, 2.45) is 0 Å². The zero-order valence-corrected chi connectivity index (χ0v) is 22.6. The minimum atomic E-state index is -4.09. The monoisotopic (exact) mass is 546 g/mol. The van der Waals surface area contributed by atoms with Crippen molar-refractivity contribution in [2.75, 3.05) is 26.2 Å². The number of carbonyl (C=O) groups is 1. The summed E-state index contributed by atoms with van der Waals surface area (Å²) >= 11 is 0. The Morgan fingerprint density at radius 2 is 2.00 bits per heavy atom. The fourth-order valence-electron chi connectivity index (χ4n) is 5.68. The summed E-state index contributed by atoms with van der Waals surface area (Å²) in [5.41, 5.74) is 0.921. The first-order chi connectivity index (χ1) is 18.1. The number of likely N-dealkylation sites (tertiary alicyclic amines) is 1. The summed E-state index contributed by atoms with van der Waals surface area (Å²) in [6, 6.07) is 5.75. The van der Waals surface area contributed by atoms with Crippen molar-refractivity contribution in [3.63, 3.8) is 0 Å². The number of aromatic nitrogens is 1. The molecule has 0 unspecified atom stereocenters. The van der Waals surface area contributed by atoms with Crippen LogP contribution in [0.25, 0.3) is 0 Å². The number of nitrogens with one attached hydrogen (secondary N) is 1. The summed E-state index contributed by atoms with van der Waals surface area (Å²) in [4.78, 5) is 19.5. The Bertz CT molecular complexity index is 1300. The number of rotatable bonds is 3. The van der Waals surface area contributed by atoms with E-state index >= 15 is 0 Å². The summed E-state index contributed by atoms with van der Waals surface area (Å²) < 4.78 is 48.9. The van der Waals surface area contributed by atoms with Gasteiger partial charge < -0.3 is 15.2 Å². The van der Waals surface area contributed by atoms with Gasteiger partial charge in [-0.05, 0) is 42.5 Å². The van der Waals surface area contributed by atoms with E-state index in [9.17, 15) is 22.7 Å². The van der Waals surface area contributed by atoms with Crippen LogP contribution < -0.4 is 10.1 Å². The predicted molar refractivity (Wildman–Crippen MR) is 139 cm³/mol. The number of hydrogen-bond acceptors (Lipinski definition) is 7. The number of aliphatic hydroxyl groups is 1. The van der Waals surface area contributed by atoms with Crippen molar-refractivity contribution in [3.8, 4) is 5.75 Å². The molecule has 1 aromatic heterocycles. The van der Waals surface area contributed by atoms with Crippen molar-refractivity contribution >= 4 is 15.9 Å². The zero-order chi connectivity index (χ0) is 27.1. The van der Waals surface area contributed by atoms with Crippen molar-refractivity contribution in [1.82, 2.24) is 19.5 Å². The highest BCUT2D eigenvalue weighted by Gasteiger charge is 2.47. The predicted octanol–water partition coefficient (Wildman–Crippen LogP) is 2.40. The maximum atomic E-state index is 14.1. The molecule has 1 amide bonds. The van der Waals surface area contributed by atoms with Crippen LogP contribution in [0.4, 0.5) is 4.39 Å². The van der Waals surface area contributed by atoms with E-state index < -0.39 is 33.6 Å². The molecule has 2 saturated heterocycles. The van der Waals surface area contributed by atoms with Crippen molar-refractivity contribution in [2.45, 2.75) is 74.6 Å². The molecule has 3 aliphatic rings. The first-order valence-corrected chi connectivity index (χ1v) is 14.6. The van der Waals surface area contributed by atoms with Crippen LogP contribution in [-0.2, 0) is 21.4 Å². The Balaban J connectivity index is 1.43. The van der Waals surface area contributed by atoms with Crippen molar-refractivity contribution < 1.29 is 27.4 Å². The smallest absolute Gasteiger partial charge is 0.247 e. The fraction of sp³-hybridized carbons (Fsp3) is 0.556. The Morgan fingerprint density at radius 3 is 2.71 bits per heavy atom. The van der Waals surface area contributed by atoms with Gasteiger partial charge in [0.05, 0.1) is 18.9 Å². The third kappa shape index (κ3) is 5.29. The molecule has 3 aliphatic heterocycles. The summed E-state index contributed by atoms with van der Waals surface area (Å²) in [6.07, 6.45) is 3.60. The number of piperidine rings is 1. The van der Waals surface area contributed by atoms with Crippen LogP contribution in [0.2, 0.25) is 0 Å². The van der Waals surface area contributed by atoms with Gasteiger partial charge in [0.2, 0.25) is 15.9 Å². The topological polar surface area (TPSA) is 112 Å².